The molecule has 0 radical (unpaired) electrons. The standard InChI is InChI=1S/C13H30N2O/c1-7-8-12(11-14-13(2,3)4)15(5)9-10-16-6/h12,14H,7-11H2,1-6H3. The maximum absolute atomic E-state index is 5.12. The number of methoxy groups -OCH3 is 1. The summed E-state index contributed by atoms with van der Waals surface area (Å²) in [6.07, 6.45) is 2.47. The summed E-state index contributed by atoms with van der Waals surface area (Å²) < 4.78 is 5.12. The third kappa shape index (κ3) is 8.08. The van der Waals surface area contributed by atoms with E-state index in [1.165, 1.54) is 12.8 Å². The number of nitrogens with zero attached hydrogens (tertiary/aromatic N) is 1. The van der Waals surface area contributed by atoms with Crippen LogP contribution >= 0.6 is 0 Å². The van der Waals surface area contributed by atoms with E-state index in [0.717, 1.165) is 19.7 Å². The molecule has 1 N–H and O–H groups in total. The molecule has 0 fully saturated rings. The smallest absolute Gasteiger partial charge is 0.0589 e. The number of nitrogens with one attached hydrogen (secondary N) is 1. The number of hydrogen-bond donors (Lipinski definition) is 1. The average Bonchev–Trinajstić information content (AvgIpc) is 2.19. The topological polar surface area (TPSA) is 24.5 Å². The number of rotatable bonds is 8. The van der Waals surface area contributed by atoms with E-state index in [9.17, 15) is 0 Å². The van der Waals surface area contributed by atoms with Crippen LogP contribution in [0.1, 0.15) is 40.5 Å². The molecule has 0 bridgehead atoms. The van der Waals surface area contributed by atoms with Gasteiger partial charge in [0, 0.05) is 31.8 Å². The van der Waals surface area contributed by atoms with Crippen LogP contribution in [0.5, 0.6) is 0 Å². The fourth-order valence-corrected chi connectivity index (χ4v) is 1.65. The zero-order valence-electron chi connectivity index (χ0n) is 12.0. The lowest BCUT2D eigenvalue weighted by molar-refractivity contribution is 0.131. The van der Waals surface area contributed by atoms with Gasteiger partial charge in [0.1, 0.15) is 0 Å². The molecule has 0 saturated carbocycles. The molecule has 1 unspecified atom stereocenters. The molecule has 3 heteroatoms. The van der Waals surface area contributed by atoms with Crippen LogP contribution in [-0.2, 0) is 4.74 Å². The van der Waals surface area contributed by atoms with Crippen molar-refractivity contribution < 1.29 is 4.74 Å². The van der Waals surface area contributed by atoms with E-state index in [1.807, 2.05) is 0 Å². The van der Waals surface area contributed by atoms with E-state index >= 15 is 0 Å². The highest BCUT2D eigenvalue weighted by molar-refractivity contribution is 4.77. The van der Waals surface area contributed by atoms with Crippen LogP contribution < -0.4 is 5.32 Å². The molecule has 98 valence electrons. The molecule has 0 saturated heterocycles. The summed E-state index contributed by atoms with van der Waals surface area (Å²) in [6.45, 7) is 11.8. The molecule has 0 aliphatic rings. The molecular weight excluding hydrogens is 200 g/mol. The summed E-state index contributed by atoms with van der Waals surface area (Å²) in [6, 6.07) is 0.611. The molecular formula is C13H30N2O. The summed E-state index contributed by atoms with van der Waals surface area (Å²) in [5.74, 6) is 0. The Morgan fingerprint density at radius 2 is 1.94 bits per heavy atom. The summed E-state index contributed by atoms with van der Waals surface area (Å²) in [4.78, 5) is 2.39. The largest absolute Gasteiger partial charge is 0.383 e. The normalized spacial score (nSPS) is 14.4. The number of ether oxygens (including phenoxy) is 1. The van der Waals surface area contributed by atoms with Gasteiger partial charge >= 0.3 is 0 Å². The average molecular weight is 230 g/mol. The van der Waals surface area contributed by atoms with Gasteiger partial charge in [-0.05, 0) is 34.2 Å². The summed E-state index contributed by atoms with van der Waals surface area (Å²) in [7, 11) is 3.94. The minimum absolute atomic E-state index is 0.202. The zero-order valence-corrected chi connectivity index (χ0v) is 12.0. The van der Waals surface area contributed by atoms with Crippen molar-refractivity contribution in [2.75, 3.05) is 33.9 Å². The van der Waals surface area contributed by atoms with Crippen LogP contribution in [0.3, 0.4) is 0 Å². The molecule has 0 aromatic carbocycles. The molecule has 0 rings (SSSR count). The number of likely N-dealkylation sites (N-methyl/N-ethyl adjacent to an activating group) is 1. The lowest BCUT2D eigenvalue weighted by Gasteiger charge is -2.31. The Morgan fingerprint density at radius 3 is 2.38 bits per heavy atom. The predicted octanol–water partition coefficient (Wildman–Crippen LogP) is 2.12. The lowest BCUT2D eigenvalue weighted by atomic mass is 10.1. The van der Waals surface area contributed by atoms with E-state index in [0.29, 0.717) is 6.04 Å². The van der Waals surface area contributed by atoms with Gasteiger partial charge in [0.15, 0.2) is 0 Å². The van der Waals surface area contributed by atoms with Crippen LogP contribution in [0.2, 0.25) is 0 Å². The van der Waals surface area contributed by atoms with Crippen molar-refractivity contribution >= 4 is 0 Å². The first-order valence-electron chi connectivity index (χ1n) is 6.35. The minimum Gasteiger partial charge on any atom is -0.383 e. The van der Waals surface area contributed by atoms with Crippen LogP contribution in [-0.4, -0.2) is 50.3 Å². The fraction of sp³-hybridized carbons (Fsp3) is 1.00. The Kier molecular flexibility index (Phi) is 7.98. The van der Waals surface area contributed by atoms with E-state index in [-0.39, 0.29) is 5.54 Å². The summed E-state index contributed by atoms with van der Waals surface area (Å²) in [5.41, 5.74) is 0.202. The molecule has 16 heavy (non-hydrogen) atoms. The maximum Gasteiger partial charge on any atom is 0.0589 e. The second kappa shape index (κ2) is 8.04. The van der Waals surface area contributed by atoms with Gasteiger partial charge in [0.25, 0.3) is 0 Å². The van der Waals surface area contributed by atoms with Gasteiger partial charge < -0.3 is 10.1 Å². The van der Waals surface area contributed by atoms with Gasteiger partial charge in [-0.3, -0.25) is 4.90 Å². The third-order valence-corrected chi connectivity index (χ3v) is 2.76. The highest BCUT2D eigenvalue weighted by atomic mass is 16.5. The number of hydrogen-bond acceptors (Lipinski definition) is 3. The SMILES string of the molecule is CCCC(CNC(C)(C)C)N(C)CCOC. The van der Waals surface area contributed by atoms with Crippen molar-refractivity contribution in [2.45, 2.75) is 52.1 Å². The van der Waals surface area contributed by atoms with Crippen LogP contribution in [0.4, 0.5) is 0 Å². The summed E-state index contributed by atoms with van der Waals surface area (Å²) in [5, 5.41) is 3.58. The van der Waals surface area contributed by atoms with Gasteiger partial charge in [-0.15, -0.1) is 0 Å². The maximum atomic E-state index is 5.12. The fourth-order valence-electron chi connectivity index (χ4n) is 1.65. The van der Waals surface area contributed by atoms with Crippen LogP contribution in [0, 0.1) is 0 Å². The molecule has 0 amide bonds. The van der Waals surface area contributed by atoms with E-state index < -0.39 is 0 Å². The van der Waals surface area contributed by atoms with Crippen molar-refractivity contribution in [3.05, 3.63) is 0 Å². The first-order chi connectivity index (χ1) is 7.40. The monoisotopic (exact) mass is 230 g/mol. The first-order valence-corrected chi connectivity index (χ1v) is 6.35. The molecule has 0 aliphatic carbocycles. The second-order valence-electron chi connectivity index (χ2n) is 5.55. The van der Waals surface area contributed by atoms with Gasteiger partial charge in [0.05, 0.1) is 6.61 Å². The third-order valence-electron chi connectivity index (χ3n) is 2.76. The van der Waals surface area contributed by atoms with Gasteiger partial charge in [-0.1, -0.05) is 13.3 Å². The van der Waals surface area contributed by atoms with Crippen molar-refractivity contribution in [1.29, 1.82) is 0 Å². The van der Waals surface area contributed by atoms with Crippen molar-refractivity contribution in [3.63, 3.8) is 0 Å². The van der Waals surface area contributed by atoms with Gasteiger partial charge in [-0.25, -0.2) is 0 Å². The van der Waals surface area contributed by atoms with Crippen LogP contribution in [0.15, 0.2) is 0 Å². The highest BCUT2D eigenvalue weighted by Crippen LogP contribution is 2.06. The Bertz CT molecular complexity index is 166. The molecule has 0 heterocycles. The van der Waals surface area contributed by atoms with E-state index in [4.69, 9.17) is 4.74 Å². The molecule has 0 aliphatic heterocycles. The quantitative estimate of drug-likeness (QED) is 0.691. The molecule has 3 nitrogen and oxygen atoms in total. The molecule has 0 spiro atoms. The van der Waals surface area contributed by atoms with Crippen molar-refractivity contribution in [3.8, 4) is 0 Å². The molecule has 0 aromatic rings. The van der Waals surface area contributed by atoms with Crippen LogP contribution in [0.25, 0.3) is 0 Å². The Labute approximate surface area is 102 Å². The Balaban J connectivity index is 4.04. The van der Waals surface area contributed by atoms with Crippen molar-refractivity contribution in [1.82, 2.24) is 10.2 Å². The second-order valence-corrected chi connectivity index (χ2v) is 5.55. The van der Waals surface area contributed by atoms with E-state index in [2.05, 4.69) is 45.0 Å². The van der Waals surface area contributed by atoms with E-state index in [1.54, 1.807) is 7.11 Å². The minimum atomic E-state index is 0.202. The molecule has 1 atom stereocenters. The van der Waals surface area contributed by atoms with Crippen molar-refractivity contribution in [2.24, 2.45) is 0 Å². The zero-order chi connectivity index (χ0) is 12.6. The molecule has 0 aromatic heterocycles. The Hall–Kier alpha value is -0.120. The lowest BCUT2D eigenvalue weighted by Crippen LogP contribution is -2.47. The highest BCUT2D eigenvalue weighted by Gasteiger charge is 2.16. The first kappa shape index (κ1) is 15.9. The Morgan fingerprint density at radius 1 is 1.31 bits per heavy atom. The predicted molar refractivity (Wildman–Crippen MR) is 71.0 cm³/mol. The summed E-state index contributed by atoms with van der Waals surface area (Å²) >= 11 is 0. The van der Waals surface area contributed by atoms with Gasteiger partial charge in [-0.2, -0.15) is 0 Å². The van der Waals surface area contributed by atoms with Gasteiger partial charge in [0.2, 0.25) is 0 Å².